The predicted molar refractivity (Wildman–Crippen MR) is 84.2 cm³/mol. The lowest BCUT2D eigenvalue weighted by atomic mass is 10.2. The second kappa shape index (κ2) is 14.8. The van der Waals surface area contributed by atoms with E-state index in [1.54, 1.807) is 0 Å². The molecule has 106 valence electrons. The van der Waals surface area contributed by atoms with Crippen LogP contribution in [0.4, 0.5) is 0 Å². The van der Waals surface area contributed by atoms with E-state index in [2.05, 4.69) is 19.8 Å². The van der Waals surface area contributed by atoms with Gasteiger partial charge in [-0.3, -0.25) is 0 Å². The van der Waals surface area contributed by atoms with Crippen molar-refractivity contribution in [3.8, 4) is 12.3 Å². The number of rotatable bonds is 8. The van der Waals surface area contributed by atoms with Crippen molar-refractivity contribution < 1.29 is 4.74 Å². The van der Waals surface area contributed by atoms with Gasteiger partial charge in [-0.25, -0.2) is 0 Å². The molecule has 1 aromatic rings. The first-order valence-electron chi connectivity index (χ1n) is 7.44. The molecule has 1 nitrogen and oxygen atoms in total. The van der Waals surface area contributed by atoms with Crippen LogP contribution in [0, 0.1) is 12.3 Å². The van der Waals surface area contributed by atoms with Crippen molar-refractivity contribution in [1.29, 1.82) is 0 Å². The lowest BCUT2D eigenvalue weighted by Gasteiger charge is -2.01. The van der Waals surface area contributed by atoms with E-state index < -0.39 is 0 Å². The number of terminal acetylenes is 1. The highest BCUT2D eigenvalue weighted by Crippen LogP contribution is 1.97. The molecule has 0 aromatic heterocycles. The van der Waals surface area contributed by atoms with E-state index in [0.29, 0.717) is 0 Å². The molecule has 1 aromatic carbocycles. The van der Waals surface area contributed by atoms with Gasteiger partial charge < -0.3 is 4.74 Å². The van der Waals surface area contributed by atoms with Crippen LogP contribution in [-0.2, 0) is 4.74 Å². The minimum absolute atomic E-state index is 0.938. The molecule has 1 rings (SSSR count). The van der Waals surface area contributed by atoms with Gasteiger partial charge in [0.15, 0.2) is 0 Å². The molecule has 0 radical (unpaired) electrons. The van der Waals surface area contributed by atoms with Gasteiger partial charge >= 0.3 is 0 Å². The first-order chi connectivity index (χ1) is 9.35. The minimum Gasteiger partial charge on any atom is -0.381 e. The molecule has 0 bridgehead atoms. The summed E-state index contributed by atoms with van der Waals surface area (Å²) in [6.45, 7) is 6.38. The summed E-state index contributed by atoms with van der Waals surface area (Å²) in [6, 6.07) is 9.60. The summed E-state index contributed by atoms with van der Waals surface area (Å²) in [4.78, 5) is 0. The highest BCUT2D eigenvalue weighted by atomic mass is 16.5. The summed E-state index contributed by atoms with van der Waals surface area (Å²) in [5, 5.41) is 0. The summed E-state index contributed by atoms with van der Waals surface area (Å²) < 4.78 is 5.44. The maximum absolute atomic E-state index is 5.44. The highest BCUT2D eigenvalue weighted by Gasteiger charge is 1.88. The maximum atomic E-state index is 5.44. The molecule has 0 spiro atoms. The van der Waals surface area contributed by atoms with Crippen molar-refractivity contribution >= 4 is 0 Å². The molecule has 0 aliphatic heterocycles. The summed E-state index contributed by atoms with van der Waals surface area (Å²) in [7, 11) is 0. The third-order valence-electron chi connectivity index (χ3n) is 2.72. The predicted octanol–water partition coefficient (Wildman–Crippen LogP) is 5.05. The largest absolute Gasteiger partial charge is 0.381 e. The highest BCUT2D eigenvalue weighted by molar-refractivity contribution is 5.30. The van der Waals surface area contributed by atoms with E-state index in [0.717, 1.165) is 18.8 Å². The second-order valence-electron chi connectivity index (χ2n) is 4.54. The van der Waals surface area contributed by atoms with E-state index in [-0.39, 0.29) is 0 Å². The fraction of sp³-hybridized carbons (Fsp3) is 0.556. The first kappa shape index (κ1) is 17.7. The summed E-state index contributed by atoms with van der Waals surface area (Å²) in [6.07, 6.45) is 12.8. The van der Waals surface area contributed by atoms with Crippen LogP contribution in [0.5, 0.6) is 0 Å². The van der Waals surface area contributed by atoms with Gasteiger partial charge in [0, 0.05) is 18.8 Å². The standard InChI is InChI=1S/C10H22O.C8H6/c1-3-5-7-9-11-10-8-6-4-2;1-2-8-6-4-3-5-7-8/h3-10H2,1-2H3;1,3-7H. The van der Waals surface area contributed by atoms with Crippen LogP contribution in [-0.4, -0.2) is 13.2 Å². The third kappa shape index (κ3) is 13.0. The zero-order chi connectivity index (χ0) is 14.2. The molecule has 0 amide bonds. The van der Waals surface area contributed by atoms with Gasteiger partial charge in [0.05, 0.1) is 0 Å². The van der Waals surface area contributed by atoms with E-state index >= 15 is 0 Å². The molecule has 0 saturated heterocycles. The average molecular weight is 260 g/mol. The molecule has 19 heavy (non-hydrogen) atoms. The van der Waals surface area contributed by atoms with Crippen LogP contribution in [0.3, 0.4) is 0 Å². The number of hydrogen-bond donors (Lipinski definition) is 0. The van der Waals surface area contributed by atoms with Crippen molar-refractivity contribution in [2.24, 2.45) is 0 Å². The monoisotopic (exact) mass is 260 g/mol. The Morgan fingerprint density at radius 1 is 0.895 bits per heavy atom. The molecule has 1 heteroatoms. The van der Waals surface area contributed by atoms with Gasteiger partial charge in [-0.05, 0) is 25.0 Å². The first-order valence-corrected chi connectivity index (χ1v) is 7.44. The van der Waals surface area contributed by atoms with E-state index in [1.807, 2.05) is 30.3 Å². The molecule has 0 aliphatic rings. The van der Waals surface area contributed by atoms with Crippen LogP contribution in [0.2, 0.25) is 0 Å². The number of hydrogen-bond acceptors (Lipinski definition) is 1. The molecule has 0 fully saturated rings. The van der Waals surface area contributed by atoms with Crippen molar-refractivity contribution in [2.45, 2.75) is 52.4 Å². The smallest absolute Gasteiger partial charge is 0.0466 e. The zero-order valence-electron chi connectivity index (χ0n) is 12.5. The molecule has 0 unspecified atom stereocenters. The molecular formula is C18H28O. The number of unbranched alkanes of at least 4 members (excludes halogenated alkanes) is 4. The van der Waals surface area contributed by atoms with Crippen LogP contribution in [0.1, 0.15) is 57.9 Å². The molecule has 0 heterocycles. The maximum Gasteiger partial charge on any atom is 0.0466 e. The SMILES string of the molecule is C#Cc1ccccc1.CCCCCOCCCCC. The van der Waals surface area contributed by atoms with Gasteiger partial charge in [-0.15, -0.1) is 6.42 Å². The van der Waals surface area contributed by atoms with E-state index in [4.69, 9.17) is 11.2 Å². The lowest BCUT2D eigenvalue weighted by molar-refractivity contribution is 0.126. The van der Waals surface area contributed by atoms with Crippen LogP contribution in [0.25, 0.3) is 0 Å². The van der Waals surface area contributed by atoms with E-state index in [1.165, 1.54) is 38.5 Å². The Kier molecular flexibility index (Phi) is 13.8. The van der Waals surface area contributed by atoms with Gasteiger partial charge in [-0.1, -0.05) is 63.7 Å². The molecular weight excluding hydrogens is 232 g/mol. The Hall–Kier alpha value is -1.26. The van der Waals surface area contributed by atoms with Gasteiger partial charge in [-0.2, -0.15) is 0 Å². The van der Waals surface area contributed by atoms with Gasteiger partial charge in [0.2, 0.25) is 0 Å². The normalized spacial score (nSPS) is 9.32. The topological polar surface area (TPSA) is 9.23 Å². The molecule has 0 N–H and O–H groups in total. The second-order valence-corrected chi connectivity index (χ2v) is 4.54. The molecule has 0 saturated carbocycles. The van der Waals surface area contributed by atoms with Crippen molar-refractivity contribution in [2.75, 3.05) is 13.2 Å². The van der Waals surface area contributed by atoms with Gasteiger partial charge in [0.1, 0.15) is 0 Å². The Bertz CT molecular complexity index is 302. The van der Waals surface area contributed by atoms with Crippen LogP contribution in [0.15, 0.2) is 30.3 Å². The molecule has 0 aliphatic carbocycles. The fourth-order valence-electron chi connectivity index (χ4n) is 1.54. The Balaban J connectivity index is 0.000000356. The van der Waals surface area contributed by atoms with Crippen molar-refractivity contribution in [1.82, 2.24) is 0 Å². The summed E-state index contributed by atoms with van der Waals surface area (Å²) >= 11 is 0. The Morgan fingerprint density at radius 3 is 1.79 bits per heavy atom. The minimum atomic E-state index is 0.938. The van der Waals surface area contributed by atoms with Crippen LogP contribution >= 0.6 is 0 Å². The van der Waals surface area contributed by atoms with Crippen molar-refractivity contribution in [3.05, 3.63) is 35.9 Å². The average Bonchev–Trinajstić information content (AvgIpc) is 2.48. The Morgan fingerprint density at radius 2 is 1.42 bits per heavy atom. The Labute approximate surface area is 119 Å². The molecule has 0 atom stereocenters. The fourth-order valence-corrected chi connectivity index (χ4v) is 1.54. The lowest BCUT2D eigenvalue weighted by Crippen LogP contribution is -1.96. The van der Waals surface area contributed by atoms with E-state index in [9.17, 15) is 0 Å². The zero-order valence-corrected chi connectivity index (χ0v) is 12.5. The summed E-state index contributed by atoms with van der Waals surface area (Å²) in [5.41, 5.74) is 0.938. The third-order valence-corrected chi connectivity index (χ3v) is 2.72. The quantitative estimate of drug-likeness (QED) is 0.469. The number of benzene rings is 1. The van der Waals surface area contributed by atoms with Crippen molar-refractivity contribution in [3.63, 3.8) is 0 Å². The van der Waals surface area contributed by atoms with Gasteiger partial charge in [0.25, 0.3) is 0 Å². The van der Waals surface area contributed by atoms with Crippen LogP contribution < -0.4 is 0 Å². The summed E-state index contributed by atoms with van der Waals surface area (Å²) in [5.74, 6) is 2.53. The number of ether oxygens (including phenoxy) is 1.